The summed E-state index contributed by atoms with van der Waals surface area (Å²) in [7, 11) is 0. The van der Waals surface area contributed by atoms with Gasteiger partial charge < -0.3 is 15.0 Å². The predicted octanol–water partition coefficient (Wildman–Crippen LogP) is 3.41. The van der Waals surface area contributed by atoms with Gasteiger partial charge in [-0.2, -0.15) is 0 Å². The van der Waals surface area contributed by atoms with Crippen molar-refractivity contribution in [3.05, 3.63) is 58.9 Å². The Morgan fingerprint density at radius 3 is 2.33 bits per heavy atom. The topological polar surface area (TPSA) is 54.3 Å². The third-order valence-electron chi connectivity index (χ3n) is 4.47. The highest BCUT2D eigenvalue weighted by atomic mass is 16.3. The SMILES string of the molecule is Cc1cc(C(=O)NC(C)C(O)Cc2ccccc2)c(C)n1C(C)C. The van der Waals surface area contributed by atoms with Gasteiger partial charge in [0.2, 0.25) is 0 Å². The summed E-state index contributed by atoms with van der Waals surface area (Å²) >= 11 is 0. The summed E-state index contributed by atoms with van der Waals surface area (Å²) in [6, 6.07) is 11.7. The smallest absolute Gasteiger partial charge is 0.253 e. The second kappa shape index (κ2) is 7.67. The van der Waals surface area contributed by atoms with Gasteiger partial charge in [-0.3, -0.25) is 4.79 Å². The van der Waals surface area contributed by atoms with Gasteiger partial charge in [0.1, 0.15) is 0 Å². The van der Waals surface area contributed by atoms with Gasteiger partial charge in [0.15, 0.2) is 0 Å². The Bertz CT molecular complexity index is 689. The molecule has 2 N–H and O–H groups in total. The average molecular weight is 328 g/mol. The van der Waals surface area contributed by atoms with Gasteiger partial charge in [-0.1, -0.05) is 30.3 Å². The molecule has 0 saturated carbocycles. The number of benzene rings is 1. The van der Waals surface area contributed by atoms with E-state index in [1.807, 2.05) is 57.2 Å². The minimum absolute atomic E-state index is 0.130. The van der Waals surface area contributed by atoms with E-state index in [0.29, 0.717) is 18.0 Å². The van der Waals surface area contributed by atoms with Gasteiger partial charge in [0, 0.05) is 23.9 Å². The maximum absolute atomic E-state index is 12.6. The van der Waals surface area contributed by atoms with E-state index in [2.05, 4.69) is 23.7 Å². The highest BCUT2D eigenvalue weighted by Gasteiger charge is 2.21. The first kappa shape index (κ1) is 18.3. The van der Waals surface area contributed by atoms with Crippen molar-refractivity contribution in [1.29, 1.82) is 0 Å². The normalized spacial score (nSPS) is 13.8. The molecule has 2 unspecified atom stereocenters. The highest BCUT2D eigenvalue weighted by molar-refractivity contribution is 5.95. The summed E-state index contributed by atoms with van der Waals surface area (Å²) in [4.78, 5) is 12.6. The fourth-order valence-electron chi connectivity index (χ4n) is 3.21. The minimum Gasteiger partial charge on any atom is -0.391 e. The third-order valence-corrected chi connectivity index (χ3v) is 4.47. The van der Waals surface area contributed by atoms with E-state index in [-0.39, 0.29) is 11.9 Å². The monoisotopic (exact) mass is 328 g/mol. The lowest BCUT2D eigenvalue weighted by atomic mass is 10.0. The number of aryl methyl sites for hydroxylation is 1. The van der Waals surface area contributed by atoms with E-state index in [0.717, 1.165) is 17.0 Å². The molecule has 0 saturated heterocycles. The lowest BCUT2D eigenvalue weighted by Crippen LogP contribution is -2.42. The maximum atomic E-state index is 12.6. The van der Waals surface area contributed by atoms with Crippen LogP contribution < -0.4 is 5.32 Å². The standard InChI is InChI=1S/C20H28N2O2/c1-13(2)22-14(3)11-18(16(22)5)20(24)21-15(4)19(23)12-17-9-7-6-8-10-17/h6-11,13,15,19,23H,12H2,1-5H3,(H,21,24). The van der Waals surface area contributed by atoms with Crippen LogP contribution in [0, 0.1) is 13.8 Å². The van der Waals surface area contributed by atoms with E-state index in [1.165, 1.54) is 0 Å². The number of rotatable bonds is 6. The first-order valence-electron chi connectivity index (χ1n) is 8.52. The molecule has 1 amide bonds. The molecule has 4 heteroatoms. The van der Waals surface area contributed by atoms with Gasteiger partial charge in [-0.15, -0.1) is 0 Å². The van der Waals surface area contributed by atoms with E-state index < -0.39 is 6.10 Å². The average Bonchev–Trinajstić information content (AvgIpc) is 2.83. The zero-order valence-corrected chi connectivity index (χ0v) is 15.2. The van der Waals surface area contributed by atoms with Crippen molar-refractivity contribution in [3.63, 3.8) is 0 Å². The molecule has 0 aliphatic carbocycles. The van der Waals surface area contributed by atoms with Crippen molar-refractivity contribution in [2.75, 3.05) is 0 Å². The summed E-state index contributed by atoms with van der Waals surface area (Å²) in [5, 5.41) is 13.3. The number of aromatic nitrogens is 1. The second-order valence-electron chi connectivity index (χ2n) is 6.77. The molecule has 2 rings (SSSR count). The van der Waals surface area contributed by atoms with Crippen LogP contribution in [0.15, 0.2) is 36.4 Å². The van der Waals surface area contributed by atoms with Crippen LogP contribution in [0.4, 0.5) is 0 Å². The Labute approximate surface area is 144 Å². The molecule has 0 aliphatic heterocycles. The van der Waals surface area contributed by atoms with Crippen LogP contribution in [0.1, 0.15) is 54.1 Å². The van der Waals surface area contributed by atoms with Crippen LogP contribution in [0.5, 0.6) is 0 Å². The number of nitrogens with one attached hydrogen (secondary N) is 1. The number of carbonyl (C=O) groups excluding carboxylic acids is 1. The van der Waals surface area contributed by atoms with Crippen molar-refractivity contribution in [2.24, 2.45) is 0 Å². The van der Waals surface area contributed by atoms with E-state index in [1.54, 1.807) is 0 Å². The molecule has 0 bridgehead atoms. The molecule has 0 radical (unpaired) electrons. The van der Waals surface area contributed by atoms with Crippen LogP contribution in [-0.2, 0) is 6.42 Å². The Morgan fingerprint density at radius 1 is 1.17 bits per heavy atom. The van der Waals surface area contributed by atoms with Gasteiger partial charge in [-0.25, -0.2) is 0 Å². The molecule has 1 heterocycles. The Morgan fingerprint density at radius 2 is 1.79 bits per heavy atom. The molecule has 1 aromatic heterocycles. The van der Waals surface area contributed by atoms with Crippen molar-refractivity contribution in [3.8, 4) is 0 Å². The molecule has 2 aromatic rings. The molecule has 4 nitrogen and oxygen atoms in total. The zero-order chi connectivity index (χ0) is 17.9. The predicted molar refractivity (Wildman–Crippen MR) is 97.4 cm³/mol. The van der Waals surface area contributed by atoms with E-state index in [9.17, 15) is 9.90 Å². The van der Waals surface area contributed by atoms with Crippen molar-refractivity contribution >= 4 is 5.91 Å². The van der Waals surface area contributed by atoms with Crippen LogP contribution in [-0.4, -0.2) is 27.7 Å². The number of hydrogen-bond acceptors (Lipinski definition) is 2. The molecule has 24 heavy (non-hydrogen) atoms. The summed E-state index contributed by atoms with van der Waals surface area (Å²) in [5.74, 6) is -0.130. The Hall–Kier alpha value is -2.07. The van der Waals surface area contributed by atoms with Crippen molar-refractivity contribution < 1.29 is 9.90 Å². The van der Waals surface area contributed by atoms with Crippen molar-refractivity contribution in [1.82, 2.24) is 9.88 Å². The van der Waals surface area contributed by atoms with E-state index >= 15 is 0 Å². The van der Waals surface area contributed by atoms with Gasteiger partial charge in [0.05, 0.1) is 17.7 Å². The molecular weight excluding hydrogens is 300 g/mol. The van der Waals surface area contributed by atoms with Crippen molar-refractivity contribution in [2.45, 2.75) is 59.2 Å². The first-order chi connectivity index (χ1) is 11.3. The highest BCUT2D eigenvalue weighted by Crippen LogP contribution is 2.20. The summed E-state index contributed by atoms with van der Waals surface area (Å²) in [6.45, 7) is 10.0. The van der Waals surface area contributed by atoms with Crippen LogP contribution >= 0.6 is 0 Å². The lowest BCUT2D eigenvalue weighted by Gasteiger charge is -2.20. The second-order valence-corrected chi connectivity index (χ2v) is 6.77. The number of nitrogens with zero attached hydrogens (tertiary/aromatic N) is 1. The first-order valence-corrected chi connectivity index (χ1v) is 8.52. The van der Waals surface area contributed by atoms with Gasteiger partial charge >= 0.3 is 0 Å². The molecule has 2 atom stereocenters. The molecule has 0 spiro atoms. The van der Waals surface area contributed by atoms with Gasteiger partial charge in [0.25, 0.3) is 5.91 Å². The quantitative estimate of drug-likeness (QED) is 0.854. The number of aliphatic hydroxyl groups is 1. The minimum atomic E-state index is -0.620. The Kier molecular flexibility index (Phi) is 5.84. The number of aliphatic hydroxyl groups excluding tert-OH is 1. The molecule has 1 aromatic carbocycles. The maximum Gasteiger partial charge on any atom is 0.253 e. The Balaban J connectivity index is 2.05. The summed E-state index contributed by atoms with van der Waals surface area (Å²) in [5.41, 5.74) is 3.78. The summed E-state index contributed by atoms with van der Waals surface area (Å²) < 4.78 is 2.15. The van der Waals surface area contributed by atoms with Crippen LogP contribution in [0.3, 0.4) is 0 Å². The molecule has 0 aliphatic rings. The number of carbonyl (C=O) groups is 1. The molecular formula is C20H28N2O2. The third kappa shape index (κ3) is 4.06. The lowest BCUT2D eigenvalue weighted by molar-refractivity contribution is 0.0851. The summed E-state index contributed by atoms with van der Waals surface area (Å²) in [6.07, 6.45) is -0.0993. The van der Waals surface area contributed by atoms with E-state index in [4.69, 9.17) is 0 Å². The number of amides is 1. The van der Waals surface area contributed by atoms with Crippen LogP contribution in [0.25, 0.3) is 0 Å². The fraction of sp³-hybridized carbons (Fsp3) is 0.450. The largest absolute Gasteiger partial charge is 0.391 e. The number of hydrogen-bond donors (Lipinski definition) is 2. The molecule has 0 fully saturated rings. The molecule has 130 valence electrons. The fourth-order valence-corrected chi connectivity index (χ4v) is 3.21. The zero-order valence-electron chi connectivity index (χ0n) is 15.2. The van der Waals surface area contributed by atoms with Gasteiger partial charge in [-0.05, 0) is 46.2 Å². The van der Waals surface area contributed by atoms with Crippen LogP contribution in [0.2, 0.25) is 0 Å².